The molecule has 2 N–H and O–H groups in total. The SMILES string of the molecule is C=NOCCOC1(OCC)CCCCCc2c1nnn2CCOCCOCCOCCNC(=O)OCCn1nnc(COCc2ccc(O)cc2)c1/C=C/c1ccccc1. The molecule has 0 spiro atoms. The third-order valence-electron chi connectivity index (χ3n) is 9.36. The van der Waals surface area contributed by atoms with Gasteiger partial charge in [0.15, 0.2) is 0 Å². The molecule has 4 aromatic rings. The lowest BCUT2D eigenvalue weighted by atomic mass is 9.95. The maximum atomic E-state index is 12.3. The second-order valence-corrected chi connectivity index (χ2v) is 13.6. The summed E-state index contributed by atoms with van der Waals surface area (Å²) in [5.41, 5.74) is 5.05. The van der Waals surface area contributed by atoms with Crippen LogP contribution in [-0.4, -0.2) is 121 Å². The van der Waals surface area contributed by atoms with Crippen molar-refractivity contribution in [1.29, 1.82) is 0 Å². The van der Waals surface area contributed by atoms with Gasteiger partial charge in [0.1, 0.15) is 30.4 Å². The number of phenolic OH excluding ortho intramolecular Hbond substituents is 1. The summed E-state index contributed by atoms with van der Waals surface area (Å²) < 4.78 is 44.3. The lowest BCUT2D eigenvalue weighted by Crippen LogP contribution is -2.37. The zero-order chi connectivity index (χ0) is 42.1. The van der Waals surface area contributed by atoms with Gasteiger partial charge in [0.05, 0.1) is 83.9 Å². The third-order valence-corrected chi connectivity index (χ3v) is 9.36. The highest BCUT2D eigenvalue weighted by Crippen LogP contribution is 2.36. The number of aromatic nitrogens is 6. The number of oxime groups is 1. The maximum absolute atomic E-state index is 12.3. The molecule has 2 aromatic heterocycles. The number of benzene rings is 2. The lowest BCUT2D eigenvalue weighted by Gasteiger charge is -2.33. The molecule has 0 saturated heterocycles. The van der Waals surface area contributed by atoms with Crippen molar-refractivity contribution in [3.05, 3.63) is 88.5 Å². The number of carbonyl (C=O) groups is 1. The maximum Gasteiger partial charge on any atom is 0.407 e. The van der Waals surface area contributed by atoms with Crippen LogP contribution in [0.25, 0.3) is 12.2 Å². The van der Waals surface area contributed by atoms with Gasteiger partial charge in [-0.1, -0.05) is 65.4 Å². The van der Waals surface area contributed by atoms with E-state index in [1.165, 1.54) is 0 Å². The van der Waals surface area contributed by atoms with E-state index in [1.807, 2.05) is 54.1 Å². The molecule has 2 heterocycles. The Balaban J connectivity index is 0.928. The highest BCUT2D eigenvalue weighted by atomic mass is 16.7. The summed E-state index contributed by atoms with van der Waals surface area (Å²) in [5.74, 6) is -0.779. The first-order valence-electron chi connectivity index (χ1n) is 20.4. The zero-order valence-corrected chi connectivity index (χ0v) is 34.5. The van der Waals surface area contributed by atoms with Gasteiger partial charge in [-0.2, -0.15) is 0 Å². The van der Waals surface area contributed by atoms with Crippen LogP contribution in [0, 0.1) is 0 Å². The molecule has 0 radical (unpaired) electrons. The number of nitrogens with zero attached hydrogens (tertiary/aromatic N) is 7. The summed E-state index contributed by atoms with van der Waals surface area (Å²) in [5, 5.41) is 33.2. The molecule has 18 nitrogen and oxygen atoms in total. The van der Waals surface area contributed by atoms with Crippen molar-refractivity contribution in [2.24, 2.45) is 5.16 Å². The molecule has 60 heavy (non-hydrogen) atoms. The largest absolute Gasteiger partial charge is 0.508 e. The molecule has 0 bridgehead atoms. The van der Waals surface area contributed by atoms with Crippen LogP contribution in [0.3, 0.4) is 0 Å². The third kappa shape index (κ3) is 15.1. The number of amides is 1. The van der Waals surface area contributed by atoms with Gasteiger partial charge in [-0.05, 0) is 55.5 Å². The molecule has 1 amide bonds. The van der Waals surface area contributed by atoms with Crippen molar-refractivity contribution in [1.82, 2.24) is 35.3 Å². The predicted octanol–water partition coefficient (Wildman–Crippen LogP) is 4.89. The van der Waals surface area contributed by atoms with E-state index in [0.717, 1.165) is 53.9 Å². The predicted molar refractivity (Wildman–Crippen MR) is 221 cm³/mol. The fraction of sp³-hybridized carbons (Fsp3) is 0.524. The Bertz CT molecular complexity index is 1860. The lowest BCUT2D eigenvalue weighted by molar-refractivity contribution is -0.257. The van der Waals surface area contributed by atoms with Gasteiger partial charge in [-0.3, -0.25) is 0 Å². The van der Waals surface area contributed by atoms with E-state index in [4.69, 9.17) is 38.0 Å². The Kier molecular flexibility index (Phi) is 19.9. The molecule has 0 aliphatic heterocycles. The van der Waals surface area contributed by atoms with E-state index >= 15 is 0 Å². The number of hydrogen-bond acceptors (Lipinski definition) is 15. The number of alkyl carbamates (subject to hydrolysis) is 1. The summed E-state index contributed by atoms with van der Waals surface area (Å²) in [6.07, 6.45) is 7.88. The number of hydrogen-bond donors (Lipinski definition) is 2. The smallest absolute Gasteiger partial charge is 0.407 e. The Hall–Kier alpha value is -5.24. The minimum Gasteiger partial charge on any atom is -0.508 e. The standard InChI is InChI=1S/C42H58N8O10/c1-3-58-42(59-30-31-60-43-2)19-9-5-8-12-39-40(42)46-48-50(39)21-24-54-27-29-55-28-26-53-23-20-44-41(52)57-25-22-49-38(18-15-34-10-6-4-7-11-34)37(45-47-49)33-56-32-35-13-16-36(51)17-14-35/h4,6-7,10-11,13-18,51H,2-3,5,8-9,12,19-33H2,1H3,(H,44,52)/b18-15+. The minimum atomic E-state index is -0.977. The first kappa shape index (κ1) is 45.8. The van der Waals surface area contributed by atoms with Crippen molar-refractivity contribution in [2.75, 3.05) is 72.6 Å². The molecule has 0 fully saturated rings. The van der Waals surface area contributed by atoms with Crippen molar-refractivity contribution >= 4 is 25.0 Å². The van der Waals surface area contributed by atoms with Crippen molar-refractivity contribution in [3.8, 4) is 5.75 Å². The molecule has 18 heteroatoms. The van der Waals surface area contributed by atoms with E-state index in [2.05, 4.69) is 37.8 Å². The number of phenols is 1. The van der Waals surface area contributed by atoms with Crippen molar-refractivity contribution in [3.63, 3.8) is 0 Å². The van der Waals surface area contributed by atoms with Crippen molar-refractivity contribution < 1.29 is 47.9 Å². The summed E-state index contributed by atoms with van der Waals surface area (Å²) in [6, 6.07) is 16.7. The van der Waals surface area contributed by atoms with Crippen LogP contribution in [-0.2, 0) is 76.5 Å². The van der Waals surface area contributed by atoms with E-state index in [-0.39, 0.29) is 38.7 Å². The van der Waals surface area contributed by atoms with Crippen LogP contribution in [0.5, 0.6) is 5.75 Å². The Morgan fingerprint density at radius 3 is 2.35 bits per heavy atom. The van der Waals surface area contributed by atoms with Crippen LogP contribution in [0.2, 0.25) is 0 Å². The quantitative estimate of drug-likeness (QED) is 0.0340. The molecular weight excluding hydrogens is 777 g/mol. The highest BCUT2D eigenvalue weighted by Gasteiger charge is 2.40. The molecule has 1 unspecified atom stereocenters. The van der Waals surface area contributed by atoms with Crippen LogP contribution >= 0.6 is 0 Å². The summed E-state index contributed by atoms with van der Waals surface area (Å²) >= 11 is 0. The average Bonchev–Trinajstić information content (AvgIpc) is 3.84. The summed E-state index contributed by atoms with van der Waals surface area (Å²) in [6.45, 7) is 10.4. The van der Waals surface area contributed by atoms with E-state index in [1.54, 1.807) is 28.9 Å². The molecule has 1 aliphatic carbocycles. The van der Waals surface area contributed by atoms with Gasteiger partial charge in [0.2, 0.25) is 5.79 Å². The molecular formula is C42H58N8O10. The van der Waals surface area contributed by atoms with Gasteiger partial charge >= 0.3 is 6.09 Å². The first-order valence-corrected chi connectivity index (χ1v) is 20.4. The number of fused-ring (bicyclic) bond motifs is 1. The molecule has 326 valence electrons. The molecule has 1 atom stereocenters. The number of aromatic hydroxyl groups is 1. The number of carbonyl (C=O) groups excluding carboxylic acids is 1. The summed E-state index contributed by atoms with van der Waals surface area (Å²) in [4.78, 5) is 17.3. The van der Waals surface area contributed by atoms with Gasteiger partial charge < -0.3 is 48.4 Å². The normalized spacial score (nSPS) is 15.3. The fourth-order valence-electron chi connectivity index (χ4n) is 6.46. The van der Waals surface area contributed by atoms with Gasteiger partial charge in [-0.25, -0.2) is 14.2 Å². The minimum absolute atomic E-state index is 0.0850. The fourth-order valence-corrected chi connectivity index (χ4v) is 6.46. The molecule has 2 aromatic carbocycles. The number of rotatable bonds is 28. The Morgan fingerprint density at radius 2 is 1.57 bits per heavy atom. The second kappa shape index (κ2) is 26.1. The van der Waals surface area contributed by atoms with Gasteiger partial charge in [0.25, 0.3) is 0 Å². The highest BCUT2D eigenvalue weighted by molar-refractivity contribution is 5.69. The first-order chi connectivity index (χ1) is 29.5. The monoisotopic (exact) mass is 834 g/mol. The number of nitrogens with one attached hydrogen (secondary N) is 1. The average molecular weight is 835 g/mol. The van der Waals surface area contributed by atoms with Crippen molar-refractivity contribution in [2.45, 2.75) is 71.1 Å². The van der Waals surface area contributed by atoms with E-state index in [9.17, 15) is 9.90 Å². The molecule has 0 saturated carbocycles. The zero-order valence-electron chi connectivity index (χ0n) is 34.5. The summed E-state index contributed by atoms with van der Waals surface area (Å²) in [7, 11) is 0. The van der Waals surface area contributed by atoms with Crippen LogP contribution in [0.1, 0.15) is 66.5 Å². The topological polar surface area (TPSA) is 197 Å². The van der Waals surface area contributed by atoms with Crippen LogP contribution in [0.4, 0.5) is 4.79 Å². The van der Waals surface area contributed by atoms with E-state index < -0.39 is 11.9 Å². The Morgan fingerprint density at radius 1 is 0.817 bits per heavy atom. The van der Waals surface area contributed by atoms with Gasteiger partial charge in [-0.15, -0.1) is 15.4 Å². The van der Waals surface area contributed by atoms with E-state index in [0.29, 0.717) is 78.1 Å². The molecule has 5 rings (SSSR count). The number of ether oxygens (including phenoxy) is 7. The van der Waals surface area contributed by atoms with Crippen LogP contribution in [0.15, 0.2) is 59.8 Å². The second-order valence-electron chi connectivity index (χ2n) is 13.6. The van der Waals surface area contributed by atoms with Gasteiger partial charge in [0, 0.05) is 26.3 Å². The molecule has 1 aliphatic rings. The van der Waals surface area contributed by atoms with Crippen LogP contribution < -0.4 is 5.32 Å². The Labute approximate surface area is 350 Å².